The van der Waals surface area contributed by atoms with Gasteiger partial charge in [-0.15, -0.1) is 0 Å². The summed E-state index contributed by atoms with van der Waals surface area (Å²) in [7, 11) is 0. The summed E-state index contributed by atoms with van der Waals surface area (Å²) in [5.74, 6) is -2.24. The van der Waals surface area contributed by atoms with Gasteiger partial charge in [0.25, 0.3) is 5.91 Å². The third kappa shape index (κ3) is 2.96. The highest BCUT2D eigenvalue weighted by atomic mass is 79.9. The number of rotatable bonds is 2. The Balaban J connectivity index is 2.27. The van der Waals surface area contributed by atoms with Crippen molar-refractivity contribution in [2.75, 3.05) is 11.1 Å². The van der Waals surface area contributed by atoms with E-state index in [1.54, 1.807) is 18.2 Å². The summed E-state index contributed by atoms with van der Waals surface area (Å²) in [6.07, 6.45) is 0. The van der Waals surface area contributed by atoms with Gasteiger partial charge < -0.3 is 11.1 Å². The molecule has 0 unspecified atom stereocenters. The molecule has 3 nitrogen and oxygen atoms in total. The molecule has 6 heteroatoms. The number of hydrogen-bond acceptors (Lipinski definition) is 2. The van der Waals surface area contributed by atoms with E-state index < -0.39 is 17.5 Å². The fourth-order valence-electron chi connectivity index (χ4n) is 1.59. The molecule has 0 spiro atoms. The van der Waals surface area contributed by atoms with Gasteiger partial charge in [-0.3, -0.25) is 4.79 Å². The van der Waals surface area contributed by atoms with Crippen LogP contribution in [0.1, 0.15) is 15.9 Å². The van der Waals surface area contributed by atoms with Gasteiger partial charge in [0.1, 0.15) is 11.6 Å². The van der Waals surface area contributed by atoms with E-state index in [1.165, 1.54) is 0 Å². The van der Waals surface area contributed by atoms with Crippen LogP contribution >= 0.6 is 15.9 Å². The molecule has 0 bridgehead atoms. The first-order valence-corrected chi connectivity index (χ1v) is 6.50. The van der Waals surface area contributed by atoms with Gasteiger partial charge in [-0.05, 0) is 30.7 Å². The van der Waals surface area contributed by atoms with Crippen LogP contribution in [0.3, 0.4) is 0 Å². The summed E-state index contributed by atoms with van der Waals surface area (Å²) < 4.78 is 27.3. The molecule has 2 rings (SSSR count). The fraction of sp³-hybridized carbons (Fsp3) is 0.0714. The third-order valence-electron chi connectivity index (χ3n) is 2.77. The van der Waals surface area contributed by atoms with Gasteiger partial charge in [-0.2, -0.15) is 0 Å². The SMILES string of the molecule is Cc1ccc(C(=O)Nc2cc(N)c(F)cc2F)cc1Br. The highest BCUT2D eigenvalue weighted by molar-refractivity contribution is 9.10. The van der Waals surface area contributed by atoms with Crippen molar-refractivity contribution in [1.29, 1.82) is 0 Å². The molecule has 3 N–H and O–H groups in total. The first-order chi connectivity index (χ1) is 9.38. The van der Waals surface area contributed by atoms with Gasteiger partial charge in [-0.1, -0.05) is 22.0 Å². The van der Waals surface area contributed by atoms with E-state index >= 15 is 0 Å². The lowest BCUT2D eigenvalue weighted by molar-refractivity contribution is 0.102. The number of nitrogen functional groups attached to an aromatic ring is 1. The van der Waals surface area contributed by atoms with Crippen molar-refractivity contribution in [3.05, 3.63) is 57.6 Å². The van der Waals surface area contributed by atoms with Crippen LogP contribution in [0, 0.1) is 18.6 Å². The number of aryl methyl sites for hydroxylation is 1. The lowest BCUT2D eigenvalue weighted by Gasteiger charge is -2.09. The molecule has 0 saturated carbocycles. The lowest BCUT2D eigenvalue weighted by Crippen LogP contribution is -2.13. The minimum atomic E-state index is -0.878. The Kier molecular flexibility index (Phi) is 4.04. The lowest BCUT2D eigenvalue weighted by atomic mass is 10.1. The second-order valence-electron chi connectivity index (χ2n) is 4.27. The topological polar surface area (TPSA) is 55.1 Å². The third-order valence-corrected chi connectivity index (χ3v) is 3.62. The maximum Gasteiger partial charge on any atom is 0.255 e. The van der Waals surface area contributed by atoms with E-state index in [2.05, 4.69) is 21.2 Å². The van der Waals surface area contributed by atoms with Crippen LogP contribution in [0.4, 0.5) is 20.2 Å². The Bertz CT molecular complexity index is 689. The molecule has 0 radical (unpaired) electrons. The van der Waals surface area contributed by atoms with E-state index in [9.17, 15) is 13.6 Å². The van der Waals surface area contributed by atoms with Crippen LogP contribution in [0.5, 0.6) is 0 Å². The van der Waals surface area contributed by atoms with E-state index in [0.717, 1.165) is 16.1 Å². The second kappa shape index (κ2) is 5.58. The second-order valence-corrected chi connectivity index (χ2v) is 5.13. The van der Waals surface area contributed by atoms with Crippen LogP contribution < -0.4 is 11.1 Å². The molecule has 0 aliphatic rings. The molecule has 2 aromatic carbocycles. The maximum atomic E-state index is 13.5. The molecular weight excluding hydrogens is 330 g/mol. The summed E-state index contributed by atoms with van der Waals surface area (Å²) in [6, 6.07) is 6.67. The molecule has 0 aliphatic carbocycles. The molecular formula is C14H11BrF2N2O. The monoisotopic (exact) mass is 340 g/mol. The molecule has 104 valence electrons. The molecule has 2 aromatic rings. The number of amides is 1. The fourth-order valence-corrected chi connectivity index (χ4v) is 1.97. The minimum Gasteiger partial charge on any atom is -0.396 e. The molecule has 0 aliphatic heterocycles. The molecule has 0 aromatic heterocycles. The number of anilines is 2. The smallest absolute Gasteiger partial charge is 0.255 e. The van der Waals surface area contributed by atoms with E-state index in [-0.39, 0.29) is 11.4 Å². The molecule has 0 fully saturated rings. The number of benzene rings is 2. The first-order valence-electron chi connectivity index (χ1n) is 5.70. The Hall–Kier alpha value is -1.95. The quantitative estimate of drug-likeness (QED) is 0.815. The highest BCUT2D eigenvalue weighted by Crippen LogP contribution is 2.23. The summed E-state index contributed by atoms with van der Waals surface area (Å²) in [4.78, 5) is 12.0. The predicted octanol–water partition coefficient (Wildman–Crippen LogP) is 3.87. The number of nitrogens with two attached hydrogens (primary N) is 1. The van der Waals surface area contributed by atoms with Crippen LogP contribution in [0.15, 0.2) is 34.8 Å². The number of hydrogen-bond donors (Lipinski definition) is 2. The Morgan fingerprint density at radius 2 is 1.90 bits per heavy atom. The molecule has 0 atom stereocenters. The zero-order chi connectivity index (χ0) is 14.9. The van der Waals surface area contributed by atoms with Crippen molar-refractivity contribution < 1.29 is 13.6 Å². The summed E-state index contributed by atoms with van der Waals surface area (Å²) >= 11 is 3.31. The Morgan fingerprint density at radius 1 is 1.20 bits per heavy atom. The summed E-state index contributed by atoms with van der Waals surface area (Å²) in [5.41, 5.74) is 6.28. The standard InChI is InChI=1S/C14H11BrF2N2O/c1-7-2-3-8(4-9(7)15)14(20)19-13-6-12(18)10(16)5-11(13)17/h2-6H,18H2,1H3,(H,19,20). The van der Waals surface area contributed by atoms with Gasteiger partial charge in [0.15, 0.2) is 0 Å². The van der Waals surface area contributed by atoms with Crippen LogP contribution in [-0.4, -0.2) is 5.91 Å². The van der Waals surface area contributed by atoms with E-state index in [4.69, 9.17) is 5.73 Å². The van der Waals surface area contributed by atoms with Gasteiger partial charge in [0.05, 0.1) is 11.4 Å². The summed E-state index contributed by atoms with van der Waals surface area (Å²) in [5, 5.41) is 2.36. The van der Waals surface area contributed by atoms with Gasteiger partial charge in [-0.25, -0.2) is 8.78 Å². The van der Waals surface area contributed by atoms with E-state index in [0.29, 0.717) is 11.6 Å². The predicted molar refractivity (Wildman–Crippen MR) is 77.6 cm³/mol. The molecule has 1 amide bonds. The zero-order valence-corrected chi connectivity index (χ0v) is 12.1. The van der Waals surface area contributed by atoms with Crippen LogP contribution in [-0.2, 0) is 0 Å². The van der Waals surface area contributed by atoms with Gasteiger partial charge in [0.2, 0.25) is 0 Å². The Labute approximate surface area is 122 Å². The van der Waals surface area contributed by atoms with Crippen molar-refractivity contribution in [3.8, 4) is 0 Å². The number of halogens is 3. The van der Waals surface area contributed by atoms with Crippen molar-refractivity contribution in [2.24, 2.45) is 0 Å². The Morgan fingerprint density at radius 3 is 2.55 bits per heavy atom. The largest absolute Gasteiger partial charge is 0.396 e. The van der Waals surface area contributed by atoms with Crippen molar-refractivity contribution in [3.63, 3.8) is 0 Å². The van der Waals surface area contributed by atoms with Crippen molar-refractivity contribution in [2.45, 2.75) is 6.92 Å². The normalized spacial score (nSPS) is 10.4. The van der Waals surface area contributed by atoms with E-state index in [1.807, 2.05) is 6.92 Å². The maximum absolute atomic E-state index is 13.5. The first kappa shape index (κ1) is 14.5. The number of nitrogens with one attached hydrogen (secondary N) is 1. The number of carbonyl (C=O) groups is 1. The average Bonchev–Trinajstić information content (AvgIpc) is 2.39. The highest BCUT2D eigenvalue weighted by Gasteiger charge is 2.13. The number of carbonyl (C=O) groups excluding carboxylic acids is 1. The van der Waals surface area contributed by atoms with Gasteiger partial charge >= 0.3 is 0 Å². The summed E-state index contributed by atoms with van der Waals surface area (Å²) in [6.45, 7) is 1.88. The average molecular weight is 341 g/mol. The molecule has 20 heavy (non-hydrogen) atoms. The van der Waals surface area contributed by atoms with Crippen LogP contribution in [0.2, 0.25) is 0 Å². The molecule has 0 heterocycles. The van der Waals surface area contributed by atoms with Crippen LogP contribution in [0.25, 0.3) is 0 Å². The van der Waals surface area contributed by atoms with Crippen molar-refractivity contribution in [1.82, 2.24) is 0 Å². The molecule has 0 saturated heterocycles. The minimum absolute atomic E-state index is 0.161. The zero-order valence-electron chi connectivity index (χ0n) is 10.5. The van der Waals surface area contributed by atoms with Gasteiger partial charge in [0, 0.05) is 16.1 Å². The van der Waals surface area contributed by atoms with Crippen molar-refractivity contribution >= 4 is 33.2 Å².